The molecule has 0 aliphatic carbocycles. The first-order valence-corrected chi connectivity index (χ1v) is 7.28. The Hall–Kier alpha value is -2.25. The fraction of sp³-hybridized carbons (Fsp3) is 0.400. The number of amides is 1. The van der Waals surface area contributed by atoms with E-state index >= 15 is 0 Å². The molecule has 1 amide bonds. The maximum atomic E-state index is 12.2. The molecule has 1 aliphatic rings. The van der Waals surface area contributed by atoms with Crippen molar-refractivity contribution in [1.82, 2.24) is 14.8 Å². The van der Waals surface area contributed by atoms with Crippen LogP contribution < -0.4 is 11.1 Å². The number of benzene rings is 1. The van der Waals surface area contributed by atoms with Crippen LogP contribution in [0.4, 0.5) is 5.69 Å². The van der Waals surface area contributed by atoms with E-state index in [0.717, 1.165) is 17.8 Å². The molecule has 2 heterocycles. The SMILES string of the molecule is Cn1cnnc1-c1cccc(NC(=O)[C@@H]2CC[C@H](CN)O2)c1. The maximum absolute atomic E-state index is 12.2. The first-order chi connectivity index (χ1) is 10.7. The summed E-state index contributed by atoms with van der Waals surface area (Å²) in [6, 6.07) is 7.51. The average molecular weight is 301 g/mol. The van der Waals surface area contributed by atoms with Gasteiger partial charge in [0.05, 0.1) is 6.10 Å². The van der Waals surface area contributed by atoms with E-state index in [2.05, 4.69) is 15.5 Å². The second-order valence-corrected chi connectivity index (χ2v) is 5.40. The van der Waals surface area contributed by atoms with Gasteiger partial charge in [-0.05, 0) is 25.0 Å². The van der Waals surface area contributed by atoms with Gasteiger partial charge in [0.25, 0.3) is 5.91 Å². The minimum Gasteiger partial charge on any atom is -0.364 e. The van der Waals surface area contributed by atoms with Gasteiger partial charge >= 0.3 is 0 Å². The number of carbonyl (C=O) groups is 1. The van der Waals surface area contributed by atoms with E-state index in [1.807, 2.05) is 35.9 Å². The van der Waals surface area contributed by atoms with Crippen LogP contribution in [0.15, 0.2) is 30.6 Å². The molecular formula is C15H19N5O2. The monoisotopic (exact) mass is 301 g/mol. The minimum absolute atomic E-state index is 0.0132. The van der Waals surface area contributed by atoms with Gasteiger partial charge < -0.3 is 20.4 Å². The first kappa shape index (κ1) is 14.7. The van der Waals surface area contributed by atoms with Crippen molar-refractivity contribution in [2.45, 2.75) is 25.0 Å². The first-order valence-electron chi connectivity index (χ1n) is 7.28. The number of hydrogen-bond donors (Lipinski definition) is 2. The average Bonchev–Trinajstić information content (AvgIpc) is 3.16. The molecule has 3 N–H and O–H groups in total. The molecule has 1 fully saturated rings. The fourth-order valence-corrected chi connectivity index (χ4v) is 2.58. The maximum Gasteiger partial charge on any atom is 0.253 e. The standard InChI is InChI=1S/C15H19N5O2/c1-20-9-17-19-14(20)10-3-2-4-11(7-10)18-15(21)13-6-5-12(8-16)22-13/h2-4,7,9,12-13H,5-6,8,16H2,1H3,(H,18,21)/t12-,13+/m1/s1. The quantitative estimate of drug-likeness (QED) is 0.876. The Bertz CT molecular complexity index is 669. The molecule has 0 bridgehead atoms. The summed E-state index contributed by atoms with van der Waals surface area (Å²) in [5, 5.41) is 10.8. The van der Waals surface area contributed by atoms with Crippen LogP contribution in [0, 0.1) is 0 Å². The molecule has 1 saturated heterocycles. The van der Waals surface area contributed by atoms with Gasteiger partial charge in [-0.2, -0.15) is 0 Å². The lowest BCUT2D eigenvalue weighted by molar-refractivity contribution is -0.126. The number of ether oxygens (including phenoxy) is 1. The normalized spacial score (nSPS) is 21.0. The third-order valence-corrected chi connectivity index (χ3v) is 3.76. The van der Waals surface area contributed by atoms with E-state index in [1.54, 1.807) is 6.33 Å². The molecule has 1 aromatic carbocycles. The highest BCUT2D eigenvalue weighted by Gasteiger charge is 2.29. The summed E-state index contributed by atoms with van der Waals surface area (Å²) in [4.78, 5) is 12.2. The number of hydrogen-bond acceptors (Lipinski definition) is 5. The third-order valence-electron chi connectivity index (χ3n) is 3.76. The molecule has 116 valence electrons. The molecule has 7 nitrogen and oxygen atoms in total. The zero-order valence-corrected chi connectivity index (χ0v) is 12.4. The lowest BCUT2D eigenvalue weighted by Crippen LogP contribution is -2.29. The lowest BCUT2D eigenvalue weighted by Gasteiger charge is -2.13. The minimum atomic E-state index is -0.424. The number of rotatable bonds is 4. The van der Waals surface area contributed by atoms with E-state index in [4.69, 9.17) is 10.5 Å². The Morgan fingerprint density at radius 1 is 1.50 bits per heavy atom. The van der Waals surface area contributed by atoms with Gasteiger partial charge in [-0.3, -0.25) is 4.79 Å². The number of nitrogens with zero attached hydrogens (tertiary/aromatic N) is 3. The predicted molar refractivity (Wildman–Crippen MR) is 82.0 cm³/mol. The Morgan fingerprint density at radius 3 is 3.05 bits per heavy atom. The second-order valence-electron chi connectivity index (χ2n) is 5.40. The van der Waals surface area contributed by atoms with Gasteiger partial charge in [0.1, 0.15) is 12.4 Å². The zero-order valence-electron chi connectivity index (χ0n) is 12.4. The molecule has 7 heteroatoms. The Labute approximate surface area is 128 Å². The van der Waals surface area contributed by atoms with Gasteiger partial charge in [0, 0.05) is 24.8 Å². The fourth-order valence-electron chi connectivity index (χ4n) is 2.58. The van der Waals surface area contributed by atoms with Gasteiger partial charge in [-0.25, -0.2) is 0 Å². The molecule has 3 rings (SSSR count). The zero-order chi connectivity index (χ0) is 15.5. The topological polar surface area (TPSA) is 95.1 Å². The van der Waals surface area contributed by atoms with Crippen molar-refractivity contribution < 1.29 is 9.53 Å². The van der Waals surface area contributed by atoms with Crippen molar-refractivity contribution in [2.75, 3.05) is 11.9 Å². The molecule has 0 unspecified atom stereocenters. The van der Waals surface area contributed by atoms with Crippen molar-refractivity contribution in [3.63, 3.8) is 0 Å². The van der Waals surface area contributed by atoms with Crippen molar-refractivity contribution in [3.05, 3.63) is 30.6 Å². The van der Waals surface area contributed by atoms with Crippen LogP contribution in [-0.4, -0.2) is 39.4 Å². The van der Waals surface area contributed by atoms with Gasteiger partial charge in [-0.15, -0.1) is 10.2 Å². The van der Waals surface area contributed by atoms with E-state index in [1.165, 1.54) is 0 Å². The summed E-state index contributed by atoms with van der Waals surface area (Å²) in [7, 11) is 1.87. The molecule has 0 spiro atoms. The molecule has 1 aliphatic heterocycles. The van der Waals surface area contributed by atoms with E-state index in [-0.39, 0.29) is 12.0 Å². The Balaban J connectivity index is 1.71. The number of aromatic nitrogens is 3. The summed E-state index contributed by atoms with van der Waals surface area (Å²) in [5.74, 6) is 0.613. The van der Waals surface area contributed by atoms with Gasteiger partial charge in [-0.1, -0.05) is 12.1 Å². The molecule has 0 saturated carbocycles. The van der Waals surface area contributed by atoms with Crippen LogP contribution in [0.3, 0.4) is 0 Å². The van der Waals surface area contributed by atoms with E-state index < -0.39 is 6.10 Å². The van der Waals surface area contributed by atoms with E-state index in [0.29, 0.717) is 18.7 Å². The summed E-state index contributed by atoms with van der Waals surface area (Å²) in [6.07, 6.45) is 2.73. The number of carbonyl (C=O) groups excluding carboxylic acids is 1. The summed E-state index contributed by atoms with van der Waals surface area (Å²) in [5.41, 5.74) is 7.17. The molecular weight excluding hydrogens is 282 g/mol. The Kier molecular flexibility index (Phi) is 4.17. The van der Waals surface area contributed by atoms with Crippen LogP contribution in [0.1, 0.15) is 12.8 Å². The van der Waals surface area contributed by atoms with Crippen LogP contribution in [0.2, 0.25) is 0 Å². The molecule has 0 radical (unpaired) electrons. The van der Waals surface area contributed by atoms with Crippen LogP contribution in [0.5, 0.6) is 0 Å². The molecule has 22 heavy (non-hydrogen) atoms. The smallest absolute Gasteiger partial charge is 0.253 e. The number of nitrogens with two attached hydrogens (primary N) is 1. The Morgan fingerprint density at radius 2 is 2.36 bits per heavy atom. The van der Waals surface area contributed by atoms with Crippen molar-refractivity contribution in [2.24, 2.45) is 12.8 Å². The molecule has 2 aromatic rings. The van der Waals surface area contributed by atoms with Crippen LogP contribution >= 0.6 is 0 Å². The van der Waals surface area contributed by atoms with Crippen molar-refractivity contribution >= 4 is 11.6 Å². The summed E-state index contributed by atoms with van der Waals surface area (Å²) < 4.78 is 7.43. The number of anilines is 1. The lowest BCUT2D eigenvalue weighted by atomic mass is 10.1. The second kappa shape index (κ2) is 6.25. The van der Waals surface area contributed by atoms with E-state index in [9.17, 15) is 4.79 Å². The highest BCUT2D eigenvalue weighted by atomic mass is 16.5. The molecule has 2 atom stereocenters. The highest BCUT2D eigenvalue weighted by molar-refractivity contribution is 5.94. The predicted octanol–water partition coefficient (Wildman–Crippen LogP) is 0.927. The van der Waals surface area contributed by atoms with Crippen molar-refractivity contribution in [1.29, 1.82) is 0 Å². The van der Waals surface area contributed by atoms with Crippen molar-refractivity contribution in [3.8, 4) is 11.4 Å². The van der Waals surface area contributed by atoms with Crippen LogP contribution in [-0.2, 0) is 16.6 Å². The number of aryl methyl sites for hydroxylation is 1. The largest absolute Gasteiger partial charge is 0.364 e. The highest BCUT2D eigenvalue weighted by Crippen LogP contribution is 2.23. The number of nitrogens with one attached hydrogen (secondary N) is 1. The molecule has 1 aromatic heterocycles. The van der Waals surface area contributed by atoms with Gasteiger partial charge in [0.15, 0.2) is 5.82 Å². The summed E-state index contributed by atoms with van der Waals surface area (Å²) >= 11 is 0. The van der Waals surface area contributed by atoms with Crippen LogP contribution in [0.25, 0.3) is 11.4 Å². The summed E-state index contributed by atoms with van der Waals surface area (Å²) in [6.45, 7) is 0.450. The third kappa shape index (κ3) is 3.00. The van der Waals surface area contributed by atoms with Gasteiger partial charge in [0.2, 0.25) is 0 Å².